The van der Waals surface area contributed by atoms with Gasteiger partial charge in [-0.15, -0.1) is 0 Å². The first-order valence-corrected chi connectivity index (χ1v) is 5.57. The van der Waals surface area contributed by atoms with Crippen LogP contribution in [0.25, 0.3) is 0 Å². The van der Waals surface area contributed by atoms with Gasteiger partial charge in [0.25, 0.3) is 0 Å². The molecular weight excluding hydrogens is 242 g/mol. The fourth-order valence-corrected chi connectivity index (χ4v) is 2.14. The van der Waals surface area contributed by atoms with Crippen molar-refractivity contribution in [2.75, 3.05) is 6.61 Å². The number of rotatable bonds is 2. The number of carbonyl (C=O) groups excluding carboxylic acids is 2. The second-order valence-electron chi connectivity index (χ2n) is 4.64. The summed E-state index contributed by atoms with van der Waals surface area (Å²) in [4.78, 5) is 23.8. The lowest BCUT2D eigenvalue weighted by Crippen LogP contribution is -2.54. The highest BCUT2D eigenvalue weighted by molar-refractivity contribution is 6.06. The molecule has 1 saturated heterocycles. The van der Waals surface area contributed by atoms with E-state index in [1.54, 1.807) is 0 Å². The predicted octanol–water partition coefficient (Wildman–Crippen LogP) is -1.87. The molecule has 4 atom stereocenters. The van der Waals surface area contributed by atoms with Crippen molar-refractivity contribution >= 4 is 11.7 Å². The molecule has 0 unspecified atom stereocenters. The lowest BCUT2D eigenvalue weighted by molar-refractivity contribution is -0.158. The molecule has 2 rings (SSSR count). The lowest BCUT2D eigenvalue weighted by atomic mass is 9.95. The molecule has 2 aliphatic rings. The van der Waals surface area contributed by atoms with Crippen molar-refractivity contribution < 1.29 is 29.6 Å². The van der Waals surface area contributed by atoms with Crippen molar-refractivity contribution in [2.45, 2.75) is 37.4 Å². The summed E-state index contributed by atoms with van der Waals surface area (Å²) in [5.41, 5.74) is -1.71. The van der Waals surface area contributed by atoms with Crippen LogP contribution in [0.5, 0.6) is 0 Å². The van der Waals surface area contributed by atoms with Gasteiger partial charge in [0.2, 0.25) is 5.91 Å². The number of hydrogen-bond acceptors (Lipinski definition) is 6. The van der Waals surface area contributed by atoms with E-state index in [-0.39, 0.29) is 12.2 Å². The number of ether oxygens (including phenoxy) is 1. The number of ketones is 1. The Kier molecular flexibility index (Phi) is 3.24. The third kappa shape index (κ3) is 1.95. The molecule has 7 nitrogen and oxygen atoms in total. The Morgan fingerprint density at radius 1 is 1.56 bits per heavy atom. The van der Waals surface area contributed by atoms with Crippen LogP contribution in [0.1, 0.15) is 13.3 Å². The van der Waals surface area contributed by atoms with Gasteiger partial charge in [-0.3, -0.25) is 14.5 Å². The van der Waals surface area contributed by atoms with Gasteiger partial charge < -0.3 is 20.1 Å². The number of amides is 1. The highest BCUT2D eigenvalue weighted by Gasteiger charge is 2.55. The molecule has 1 amide bonds. The van der Waals surface area contributed by atoms with E-state index >= 15 is 0 Å². The Labute approximate surface area is 103 Å². The van der Waals surface area contributed by atoms with Gasteiger partial charge >= 0.3 is 0 Å². The maximum atomic E-state index is 11.7. The normalized spacial score (nSPS) is 40.7. The number of aliphatic hydroxyl groups is 3. The zero-order valence-corrected chi connectivity index (χ0v) is 9.81. The molecule has 0 aromatic rings. The first-order valence-electron chi connectivity index (χ1n) is 5.57. The molecule has 0 saturated carbocycles. The van der Waals surface area contributed by atoms with E-state index in [4.69, 9.17) is 9.84 Å². The summed E-state index contributed by atoms with van der Waals surface area (Å²) in [5.74, 6) is -0.841. The minimum atomic E-state index is -1.71. The van der Waals surface area contributed by atoms with Crippen LogP contribution in [-0.4, -0.2) is 62.6 Å². The van der Waals surface area contributed by atoms with E-state index in [1.165, 1.54) is 19.2 Å². The molecule has 1 fully saturated rings. The van der Waals surface area contributed by atoms with Crippen LogP contribution in [0, 0.1) is 0 Å². The Bertz CT molecular complexity index is 404. The van der Waals surface area contributed by atoms with Crippen molar-refractivity contribution in [3.05, 3.63) is 12.3 Å². The topological polar surface area (TPSA) is 107 Å². The van der Waals surface area contributed by atoms with Crippen molar-refractivity contribution in [2.24, 2.45) is 0 Å². The largest absolute Gasteiger partial charge is 0.394 e. The van der Waals surface area contributed by atoms with Gasteiger partial charge in [0.1, 0.15) is 17.8 Å². The molecule has 0 aliphatic carbocycles. The van der Waals surface area contributed by atoms with Gasteiger partial charge in [0.15, 0.2) is 12.0 Å². The summed E-state index contributed by atoms with van der Waals surface area (Å²) in [6.45, 7) is 0.841. The van der Waals surface area contributed by atoms with Gasteiger partial charge in [0.05, 0.1) is 13.0 Å². The Morgan fingerprint density at radius 3 is 2.72 bits per heavy atom. The van der Waals surface area contributed by atoms with E-state index in [2.05, 4.69) is 0 Å². The first-order chi connectivity index (χ1) is 8.37. The minimum Gasteiger partial charge on any atom is -0.394 e. The SMILES string of the molecule is C[C@]1(O)[C@H](O)[C@@H](CO)O[C@H]1N1C=CC(=O)CC1=O. The molecule has 0 aromatic carbocycles. The number of hydrogen-bond donors (Lipinski definition) is 3. The number of allylic oxidation sites excluding steroid dienone is 1. The molecule has 2 aliphatic heterocycles. The maximum absolute atomic E-state index is 11.7. The summed E-state index contributed by atoms with van der Waals surface area (Å²) < 4.78 is 5.28. The van der Waals surface area contributed by atoms with Crippen LogP contribution >= 0.6 is 0 Å². The van der Waals surface area contributed by atoms with Crippen LogP contribution < -0.4 is 0 Å². The van der Waals surface area contributed by atoms with E-state index in [1.807, 2.05) is 0 Å². The van der Waals surface area contributed by atoms with Crippen LogP contribution in [0.2, 0.25) is 0 Å². The van der Waals surface area contributed by atoms with Crippen LogP contribution in [0.3, 0.4) is 0 Å². The van der Waals surface area contributed by atoms with Gasteiger partial charge in [-0.2, -0.15) is 0 Å². The quantitative estimate of drug-likeness (QED) is 0.500. The molecule has 2 heterocycles. The monoisotopic (exact) mass is 257 g/mol. The molecule has 100 valence electrons. The summed E-state index contributed by atoms with van der Waals surface area (Å²) in [7, 11) is 0. The van der Waals surface area contributed by atoms with Crippen LogP contribution in [0.15, 0.2) is 12.3 Å². The summed E-state index contributed by atoms with van der Waals surface area (Å²) in [6.07, 6.45) is -1.28. The number of aliphatic hydroxyl groups excluding tert-OH is 2. The van der Waals surface area contributed by atoms with Gasteiger partial charge in [0, 0.05) is 6.20 Å². The Balaban J connectivity index is 2.26. The van der Waals surface area contributed by atoms with E-state index in [0.717, 1.165) is 4.90 Å². The standard InChI is InChI=1S/C11H15NO6/c1-11(17)9(16)7(5-13)18-10(11)12-3-2-6(14)4-8(12)15/h2-3,7,9-10,13,16-17H,4-5H2,1H3/t7-,9-,10-,11+/m1/s1. The van der Waals surface area contributed by atoms with E-state index in [9.17, 15) is 19.8 Å². The molecule has 7 heteroatoms. The molecule has 0 bridgehead atoms. The summed E-state index contributed by atoms with van der Waals surface area (Å²) in [6, 6.07) is 0. The van der Waals surface area contributed by atoms with Crippen LogP contribution in [0.4, 0.5) is 0 Å². The van der Waals surface area contributed by atoms with E-state index in [0.29, 0.717) is 0 Å². The lowest BCUT2D eigenvalue weighted by Gasteiger charge is -2.34. The fraction of sp³-hybridized carbons (Fsp3) is 0.636. The fourth-order valence-electron chi connectivity index (χ4n) is 2.14. The van der Waals surface area contributed by atoms with Gasteiger partial charge in [-0.1, -0.05) is 0 Å². The van der Waals surface area contributed by atoms with Crippen LogP contribution in [-0.2, 0) is 14.3 Å². The number of nitrogens with zero attached hydrogens (tertiary/aromatic N) is 1. The predicted molar refractivity (Wildman–Crippen MR) is 58.0 cm³/mol. The zero-order chi connectivity index (χ0) is 13.5. The molecule has 3 N–H and O–H groups in total. The maximum Gasteiger partial charge on any atom is 0.236 e. The average Bonchev–Trinajstić information content (AvgIpc) is 2.52. The average molecular weight is 257 g/mol. The molecule has 18 heavy (non-hydrogen) atoms. The highest BCUT2D eigenvalue weighted by atomic mass is 16.6. The second kappa shape index (κ2) is 4.43. The van der Waals surface area contributed by atoms with Gasteiger partial charge in [-0.25, -0.2) is 0 Å². The molecule has 0 radical (unpaired) electrons. The molecule has 0 spiro atoms. The van der Waals surface area contributed by atoms with Gasteiger partial charge in [-0.05, 0) is 13.0 Å². The molecular formula is C11H15NO6. The Morgan fingerprint density at radius 2 is 2.22 bits per heavy atom. The van der Waals surface area contributed by atoms with E-state index < -0.39 is 36.6 Å². The minimum absolute atomic E-state index is 0.299. The first kappa shape index (κ1) is 13.2. The second-order valence-corrected chi connectivity index (χ2v) is 4.64. The zero-order valence-electron chi connectivity index (χ0n) is 9.81. The van der Waals surface area contributed by atoms with Crippen molar-refractivity contribution in [3.8, 4) is 0 Å². The van der Waals surface area contributed by atoms with Crippen molar-refractivity contribution in [1.82, 2.24) is 4.90 Å². The summed E-state index contributed by atoms with van der Waals surface area (Å²) in [5, 5.41) is 29.0. The van der Waals surface area contributed by atoms with Crippen molar-refractivity contribution in [1.29, 1.82) is 0 Å². The molecule has 0 aromatic heterocycles. The summed E-state index contributed by atoms with van der Waals surface area (Å²) >= 11 is 0. The smallest absolute Gasteiger partial charge is 0.236 e. The third-order valence-corrected chi connectivity index (χ3v) is 3.22. The Hall–Kier alpha value is -1.28. The number of carbonyl (C=O) groups is 2. The van der Waals surface area contributed by atoms with Crippen molar-refractivity contribution in [3.63, 3.8) is 0 Å². The highest BCUT2D eigenvalue weighted by Crippen LogP contribution is 2.34. The third-order valence-electron chi connectivity index (χ3n) is 3.22.